The third-order valence-electron chi connectivity index (χ3n) is 7.02. The zero-order valence-corrected chi connectivity index (χ0v) is 21.0. The summed E-state index contributed by atoms with van der Waals surface area (Å²) in [7, 11) is 0. The van der Waals surface area contributed by atoms with E-state index in [4.69, 9.17) is 14.2 Å². The molecule has 0 amide bonds. The quantitative estimate of drug-likeness (QED) is 0.180. The molecule has 5 heteroatoms. The lowest BCUT2D eigenvalue weighted by atomic mass is 10.2. The van der Waals surface area contributed by atoms with Gasteiger partial charge in [-0.25, -0.2) is 0 Å². The largest absolute Gasteiger partial charge is 0.377 e. The van der Waals surface area contributed by atoms with E-state index in [2.05, 4.69) is 106 Å². The zero-order valence-electron chi connectivity index (χ0n) is 21.0. The van der Waals surface area contributed by atoms with Gasteiger partial charge in [-0.3, -0.25) is 0 Å². The van der Waals surface area contributed by atoms with E-state index in [-0.39, 0.29) is 0 Å². The monoisotopic (exact) mass is 492 g/mol. The van der Waals surface area contributed by atoms with Crippen molar-refractivity contribution in [3.05, 3.63) is 97.1 Å². The minimum Gasteiger partial charge on any atom is -0.377 e. The summed E-state index contributed by atoms with van der Waals surface area (Å²) < 4.78 is 22.2. The number of ether oxygens (including phenoxy) is 3. The Morgan fingerprint density at radius 2 is 0.622 bits per heavy atom. The Balaban J connectivity index is 0.907. The summed E-state index contributed by atoms with van der Waals surface area (Å²) in [5.41, 5.74) is 5.01. The molecule has 5 nitrogen and oxygen atoms in total. The highest BCUT2D eigenvalue weighted by Crippen LogP contribution is 2.29. The number of hydrogen-bond donors (Lipinski definition) is 0. The first kappa shape index (κ1) is 23.7. The zero-order chi connectivity index (χ0) is 24.9. The molecule has 4 aromatic carbocycles. The SMILES string of the molecule is c1ccc2c(c1)c1ccccc1n2CCOCCOCCOCCn1c2ccccc2c2ccccc21. The number of benzene rings is 4. The third-order valence-corrected chi connectivity index (χ3v) is 7.02. The lowest BCUT2D eigenvalue weighted by Crippen LogP contribution is -2.13. The smallest absolute Gasteiger partial charge is 0.0701 e. The Hall–Kier alpha value is -3.64. The van der Waals surface area contributed by atoms with E-state index in [0.717, 1.165) is 13.1 Å². The van der Waals surface area contributed by atoms with Crippen LogP contribution in [0.5, 0.6) is 0 Å². The maximum absolute atomic E-state index is 5.87. The van der Waals surface area contributed by atoms with Crippen molar-refractivity contribution in [1.82, 2.24) is 9.13 Å². The second-order valence-electron chi connectivity index (χ2n) is 9.21. The molecule has 188 valence electrons. The fourth-order valence-electron chi connectivity index (χ4n) is 5.34. The van der Waals surface area contributed by atoms with E-state index < -0.39 is 0 Å². The van der Waals surface area contributed by atoms with Crippen molar-refractivity contribution in [1.29, 1.82) is 0 Å². The van der Waals surface area contributed by atoms with Gasteiger partial charge in [-0.1, -0.05) is 72.8 Å². The van der Waals surface area contributed by atoms with Crippen LogP contribution in [0.15, 0.2) is 97.1 Å². The predicted octanol–water partition coefficient (Wildman–Crippen LogP) is 6.65. The molecular formula is C32H32N2O3. The van der Waals surface area contributed by atoms with Gasteiger partial charge in [0, 0.05) is 56.7 Å². The van der Waals surface area contributed by atoms with Crippen LogP contribution in [0.1, 0.15) is 0 Å². The Kier molecular flexibility index (Phi) is 7.17. The van der Waals surface area contributed by atoms with Crippen LogP contribution in [0, 0.1) is 0 Å². The number of fused-ring (bicyclic) bond motifs is 6. The Morgan fingerprint density at radius 3 is 0.946 bits per heavy atom. The maximum atomic E-state index is 5.87. The van der Waals surface area contributed by atoms with Crippen LogP contribution in [-0.2, 0) is 27.3 Å². The summed E-state index contributed by atoms with van der Waals surface area (Å²) in [5, 5.41) is 5.17. The van der Waals surface area contributed by atoms with Gasteiger partial charge >= 0.3 is 0 Å². The molecule has 2 aromatic heterocycles. The first-order valence-corrected chi connectivity index (χ1v) is 13.1. The lowest BCUT2D eigenvalue weighted by molar-refractivity contribution is 0.0123. The fourth-order valence-corrected chi connectivity index (χ4v) is 5.34. The summed E-state index contributed by atoms with van der Waals surface area (Å²) in [6.07, 6.45) is 0. The molecule has 0 bridgehead atoms. The van der Waals surface area contributed by atoms with E-state index in [9.17, 15) is 0 Å². The van der Waals surface area contributed by atoms with Crippen LogP contribution < -0.4 is 0 Å². The molecular weight excluding hydrogens is 460 g/mol. The second kappa shape index (κ2) is 11.2. The van der Waals surface area contributed by atoms with Crippen molar-refractivity contribution >= 4 is 43.6 Å². The molecule has 0 aliphatic heterocycles. The van der Waals surface area contributed by atoms with Crippen LogP contribution in [0.3, 0.4) is 0 Å². The molecule has 0 atom stereocenters. The summed E-state index contributed by atoms with van der Waals surface area (Å²) in [5.74, 6) is 0. The fraction of sp³-hybridized carbons (Fsp3) is 0.250. The van der Waals surface area contributed by atoms with Gasteiger partial charge in [-0.2, -0.15) is 0 Å². The first-order valence-electron chi connectivity index (χ1n) is 13.1. The average Bonchev–Trinajstić information content (AvgIpc) is 3.45. The summed E-state index contributed by atoms with van der Waals surface area (Å²) >= 11 is 0. The van der Waals surface area contributed by atoms with E-state index in [0.29, 0.717) is 39.6 Å². The van der Waals surface area contributed by atoms with Crippen LogP contribution >= 0.6 is 0 Å². The molecule has 0 radical (unpaired) electrons. The van der Waals surface area contributed by atoms with Crippen molar-refractivity contribution in [3.8, 4) is 0 Å². The molecule has 0 saturated carbocycles. The third kappa shape index (κ3) is 4.86. The van der Waals surface area contributed by atoms with E-state index >= 15 is 0 Å². The second-order valence-corrected chi connectivity index (χ2v) is 9.21. The van der Waals surface area contributed by atoms with Gasteiger partial charge in [0.2, 0.25) is 0 Å². The molecule has 37 heavy (non-hydrogen) atoms. The van der Waals surface area contributed by atoms with Gasteiger partial charge in [-0.05, 0) is 24.3 Å². The minimum atomic E-state index is 0.573. The number of aromatic nitrogens is 2. The highest BCUT2D eigenvalue weighted by Gasteiger charge is 2.10. The summed E-state index contributed by atoms with van der Waals surface area (Å²) in [4.78, 5) is 0. The topological polar surface area (TPSA) is 37.6 Å². The van der Waals surface area contributed by atoms with Crippen molar-refractivity contribution in [2.24, 2.45) is 0 Å². The standard InChI is InChI=1S/C32H32N2O3/c1-5-13-29-25(9-1)26-10-2-6-14-30(26)33(29)17-19-35-21-23-37-24-22-36-20-18-34-31-15-7-3-11-27(31)28-12-4-8-16-32(28)34/h1-16H,17-24H2. The predicted molar refractivity (Wildman–Crippen MR) is 151 cm³/mol. The highest BCUT2D eigenvalue weighted by atomic mass is 16.5. The van der Waals surface area contributed by atoms with Gasteiger partial charge in [0.25, 0.3) is 0 Å². The number of hydrogen-bond acceptors (Lipinski definition) is 3. The van der Waals surface area contributed by atoms with Gasteiger partial charge < -0.3 is 23.3 Å². The van der Waals surface area contributed by atoms with Crippen LogP contribution in [0.2, 0.25) is 0 Å². The average molecular weight is 493 g/mol. The first-order chi connectivity index (χ1) is 18.4. The van der Waals surface area contributed by atoms with E-state index in [1.54, 1.807) is 0 Å². The molecule has 0 aliphatic carbocycles. The van der Waals surface area contributed by atoms with Crippen molar-refractivity contribution in [2.75, 3.05) is 39.6 Å². The minimum absolute atomic E-state index is 0.573. The van der Waals surface area contributed by atoms with Gasteiger partial charge in [0.05, 0.1) is 39.6 Å². The van der Waals surface area contributed by atoms with Gasteiger partial charge in [0.1, 0.15) is 0 Å². The normalized spacial score (nSPS) is 11.9. The number of para-hydroxylation sites is 4. The molecule has 6 aromatic rings. The van der Waals surface area contributed by atoms with Gasteiger partial charge in [-0.15, -0.1) is 0 Å². The molecule has 0 aliphatic rings. The summed E-state index contributed by atoms with van der Waals surface area (Å²) in [6, 6.07) is 34.2. The van der Waals surface area contributed by atoms with Crippen LogP contribution in [0.25, 0.3) is 43.6 Å². The Bertz CT molecular complexity index is 1400. The van der Waals surface area contributed by atoms with E-state index in [1.165, 1.54) is 43.6 Å². The summed E-state index contributed by atoms with van der Waals surface area (Å²) in [6.45, 7) is 5.26. The highest BCUT2D eigenvalue weighted by molar-refractivity contribution is 6.08. The van der Waals surface area contributed by atoms with Crippen LogP contribution in [0.4, 0.5) is 0 Å². The number of rotatable bonds is 12. The molecule has 0 N–H and O–H groups in total. The number of nitrogens with zero attached hydrogens (tertiary/aromatic N) is 2. The van der Waals surface area contributed by atoms with E-state index in [1.807, 2.05) is 0 Å². The molecule has 0 saturated heterocycles. The maximum Gasteiger partial charge on any atom is 0.0701 e. The van der Waals surface area contributed by atoms with Crippen LogP contribution in [-0.4, -0.2) is 48.8 Å². The van der Waals surface area contributed by atoms with Crippen molar-refractivity contribution in [3.63, 3.8) is 0 Å². The Labute approximate surface area is 216 Å². The van der Waals surface area contributed by atoms with Crippen molar-refractivity contribution < 1.29 is 14.2 Å². The molecule has 2 heterocycles. The molecule has 0 fully saturated rings. The molecule has 0 unspecified atom stereocenters. The van der Waals surface area contributed by atoms with Crippen molar-refractivity contribution in [2.45, 2.75) is 13.1 Å². The molecule has 6 rings (SSSR count). The molecule has 0 spiro atoms. The lowest BCUT2D eigenvalue weighted by Gasteiger charge is -2.10. The van der Waals surface area contributed by atoms with Gasteiger partial charge in [0.15, 0.2) is 0 Å². The Morgan fingerprint density at radius 1 is 0.351 bits per heavy atom.